The molecule has 0 aliphatic heterocycles. The van der Waals surface area contributed by atoms with Gasteiger partial charge in [0.25, 0.3) is 0 Å². The molecule has 0 radical (unpaired) electrons. The van der Waals surface area contributed by atoms with E-state index in [0.717, 1.165) is 23.0 Å². The Kier molecular flexibility index (Phi) is 4.72. The highest BCUT2D eigenvalue weighted by Crippen LogP contribution is 2.72. The molecule has 2 fully saturated rings. The Labute approximate surface area is 166 Å². The zero-order valence-electron chi connectivity index (χ0n) is 15.0. The van der Waals surface area contributed by atoms with Crippen molar-refractivity contribution in [3.63, 3.8) is 0 Å². The molecule has 7 heteroatoms. The van der Waals surface area contributed by atoms with Gasteiger partial charge in [-0.2, -0.15) is 0 Å². The molecule has 0 aromatic carbocycles. The van der Waals surface area contributed by atoms with E-state index in [1.807, 2.05) is 0 Å². The maximum absolute atomic E-state index is 13.1. The average Bonchev–Trinajstić information content (AvgIpc) is 3.08. The fourth-order valence-corrected chi connectivity index (χ4v) is 5.92. The topological polar surface area (TPSA) is 71.1 Å². The fraction of sp³-hybridized carbons (Fsp3) is 0.632. The molecule has 4 atom stereocenters. The summed E-state index contributed by atoms with van der Waals surface area (Å²) < 4.78 is 0.877. The average molecular weight is 438 g/mol. The molecule has 2 saturated carbocycles. The van der Waals surface area contributed by atoms with Gasteiger partial charge in [-0.05, 0) is 58.4 Å². The molecule has 140 valence electrons. The number of rotatable bonds is 6. The highest BCUT2D eigenvalue weighted by atomic mass is 79.9. The van der Waals surface area contributed by atoms with E-state index < -0.39 is 0 Å². The molecule has 1 heterocycles. The lowest BCUT2D eigenvalue weighted by atomic mass is 9.81. The SMILES string of the molecule is CC(C)CCNC(=O)[C@H]1[C@H](C(=O)Nc2ncc(Br)s2)[C@H]2C=C[C@H]1C21CC1. The molecule has 1 aromatic heterocycles. The minimum atomic E-state index is -0.297. The van der Waals surface area contributed by atoms with Crippen LogP contribution in [0.1, 0.15) is 33.1 Å². The minimum absolute atomic E-state index is 0.0363. The van der Waals surface area contributed by atoms with E-state index in [4.69, 9.17) is 0 Å². The van der Waals surface area contributed by atoms with Crippen LogP contribution in [0, 0.1) is 35.0 Å². The number of thiazole rings is 1. The Morgan fingerprint density at radius 1 is 1.27 bits per heavy atom. The highest BCUT2D eigenvalue weighted by Gasteiger charge is 2.69. The van der Waals surface area contributed by atoms with Crippen molar-refractivity contribution in [2.45, 2.75) is 33.1 Å². The number of amides is 2. The van der Waals surface area contributed by atoms with Gasteiger partial charge in [0.2, 0.25) is 11.8 Å². The molecule has 2 N–H and O–H groups in total. The molecule has 2 bridgehead atoms. The summed E-state index contributed by atoms with van der Waals surface area (Å²) in [6.07, 6.45) is 9.25. The van der Waals surface area contributed by atoms with Crippen molar-refractivity contribution in [1.82, 2.24) is 10.3 Å². The summed E-state index contributed by atoms with van der Waals surface area (Å²) in [5.74, 6) is 0.333. The van der Waals surface area contributed by atoms with Gasteiger partial charge in [0.05, 0.1) is 21.8 Å². The number of halogens is 1. The van der Waals surface area contributed by atoms with E-state index in [9.17, 15) is 9.59 Å². The number of hydrogen-bond donors (Lipinski definition) is 2. The number of carbonyl (C=O) groups is 2. The third-order valence-corrected chi connectivity index (χ3v) is 7.57. The number of nitrogens with zero attached hydrogens (tertiary/aromatic N) is 1. The van der Waals surface area contributed by atoms with Crippen molar-refractivity contribution in [1.29, 1.82) is 0 Å². The molecule has 3 aliphatic rings. The minimum Gasteiger partial charge on any atom is -0.356 e. The molecule has 4 rings (SSSR count). The van der Waals surface area contributed by atoms with Crippen LogP contribution in [0.3, 0.4) is 0 Å². The van der Waals surface area contributed by atoms with Gasteiger partial charge in [0.1, 0.15) is 0 Å². The summed E-state index contributed by atoms with van der Waals surface area (Å²) in [5, 5.41) is 6.61. The first-order valence-corrected chi connectivity index (χ1v) is 10.9. The van der Waals surface area contributed by atoms with Gasteiger partial charge in [-0.15, -0.1) is 0 Å². The Morgan fingerprint density at radius 3 is 2.46 bits per heavy atom. The molecular weight excluding hydrogens is 414 g/mol. The van der Waals surface area contributed by atoms with Crippen LogP contribution in [0.25, 0.3) is 0 Å². The van der Waals surface area contributed by atoms with E-state index in [0.29, 0.717) is 17.6 Å². The van der Waals surface area contributed by atoms with Gasteiger partial charge in [-0.1, -0.05) is 37.3 Å². The molecule has 3 aliphatic carbocycles. The fourth-order valence-electron chi connectivity index (χ4n) is 4.81. The lowest BCUT2D eigenvalue weighted by molar-refractivity contribution is -0.132. The first-order valence-electron chi connectivity index (χ1n) is 9.30. The van der Waals surface area contributed by atoms with Gasteiger partial charge in [0.15, 0.2) is 5.13 Å². The van der Waals surface area contributed by atoms with E-state index >= 15 is 0 Å². The standard InChI is InChI=1S/C19H24BrN3O2S/c1-10(2)5-8-21-16(24)14-11-3-4-12(19(11)6-7-19)15(14)17(25)23-18-22-9-13(20)26-18/h3-4,9-12,14-15H,5-8H2,1-2H3,(H,21,24)(H,22,23,25)/t11-,12-,14-,15-/m1/s1. The quantitative estimate of drug-likeness (QED) is 0.664. The van der Waals surface area contributed by atoms with Crippen LogP contribution in [0.2, 0.25) is 0 Å². The number of carbonyl (C=O) groups excluding carboxylic acids is 2. The highest BCUT2D eigenvalue weighted by molar-refractivity contribution is 9.11. The molecule has 5 nitrogen and oxygen atoms in total. The summed E-state index contributed by atoms with van der Waals surface area (Å²) in [7, 11) is 0. The normalized spacial score (nSPS) is 30.2. The zero-order valence-corrected chi connectivity index (χ0v) is 17.4. The Balaban J connectivity index is 1.52. The van der Waals surface area contributed by atoms with Gasteiger partial charge in [-0.25, -0.2) is 4.98 Å². The number of allylic oxidation sites excluding steroid dienone is 2. The van der Waals surface area contributed by atoms with Crippen molar-refractivity contribution in [2.75, 3.05) is 11.9 Å². The van der Waals surface area contributed by atoms with E-state index in [-0.39, 0.29) is 40.9 Å². The van der Waals surface area contributed by atoms with Crippen LogP contribution in [0.15, 0.2) is 22.1 Å². The second-order valence-electron chi connectivity index (χ2n) is 8.15. The van der Waals surface area contributed by atoms with Crippen molar-refractivity contribution < 1.29 is 9.59 Å². The molecule has 26 heavy (non-hydrogen) atoms. The van der Waals surface area contributed by atoms with Gasteiger partial charge >= 0.3 is 0 Å². The summed E-state index contributed by atoms with van der Waals surface area (Å²) >= 11 is 4.76. The molecule has 1 spiro atoms. The largest absolute Gasteiger partial charge is 0.356 e. The van der Waals surface area contributed by atoms with Crippen molar-refractivity contribution in [3.05, 3.63) is 22.1 Å². The van der Waals surface area contributed by atoms with Crippen molar-refractivity contribution in [2.24, 2.45) is 35.0 Å². The molecule has 0 unspecified atom stereocenters. The molecular formula is C19H24BrN3O2S. The first-order chi connectivity index (χ1) is 12.4. The zero-order chi connectivity index (χ0) is 18.5. The smallest absolute Gasteiger partial charge is 0.230 e. The number of anilines is 1. The summed E-state index contributed by atoms with van der Waals surface area (Å²) in [6.45, 7) is 4.97. The Hall–Kier alpha value is -1.21. The number of aromatic nitrogens is 1. The second kappa shape index (κ2) is 6.75. The van der Waals surface area contributed by atoms with Crippen LogP contribution in [-0.4, -0.2) is 23.3 Å². The van der Waals surface area contributed by atoms with Gasteiger partial charge in [-0.3, -0.25) is 9.59 Å². The first kappa shape index (κ1) is 18.2. The van der Waals surface area contributed by atoms with Crippen molar-refractivity contribution >= 4 is 44.2 Å². The van der Waals surface area contributed by atoms with Gasteiger partial charge in [0, 0.05) is 6.54 Å². The second-order valence-corrected chi connectivity index (χ2v) is 10.6. The number of nitrogens with one attached hydrogen (secondary N) is 2. The maximum Gasteiger partial charge on any atom is 0.230 e. The summed E-state index contributed by atoms with van der Waals surface area (Å²) in [6, 6.07) is 0. The van der Waals surface area contributed by atoms with Crippen molar-refractivity contribution in [3.8, 4) is 0 Å². The lowest BCUT2D eigenvalue weighted by Crippen LogP contribution is -2.42. The molecule has 2 amide bonds. The predicted molar refractivity (Wildman–Crippen MR) is 106 cm³/mol. The molecule has 1 aromatic rings. The van der Waals surface area contributed by atoms with Crippen LogP contribution in [0.5, 0.6) is 0 Å². The third-order valence-electron chi connectivity index (χ3n) is 6.18. The third kappa shape index (κ3) is 3.03. The Bertz CT molecular complexity index is 756. The van der Waals surface area contributed by atoms with Crippen LogP contribution in [-0.2, 0) is 9.59 Å². The Morgan fingerprint density at radius 2 is 1.92 bits per heavy atom. The summed E-state index contributed by atoms with van der Waals surface area (Å²) in [5.41, 5.74) is 0.158. The van der Waals surface area contributed by atoms with E-state index in [1.54, 1.807) is 6.20 Å². The number of hydrogen-bond acceptors (Lipinski definition) is 4. The van der Waals surface area contributed by atoms with Crippen LogP contribution < -0.4 is 10.6 Å². The van der Waals surface area contributed by atoms with Crippen LogP contribution in [0.4, 0.5) is 5.13 Å². The lowest BCUT2D eigenvalue weighted by Gasteiger charge is -2.26. The molecule has 0 saturated heterocycles. The van der Waals surface area contributed by atoms with Gasteiger partial charge < -0.3 is 10.6 Å². The van der Waals surface area contributed by atoms with Crippen LogP contribution >= 0.6 is 27.3 Å². The monoisotopic (exact) mass is 437 g/mol. The van der Waals surface area contributed by atoms with E-state index in [1.165, 1.54) is 11.3 Å². The predicted octanol–water partition coefficient (Wildman–Crippen LogP) is 3.83. The van der Waals surface area contributed by atoms with E-state index in [2.05, 4.69) is 57.5 Å². The maximum atomic E-state index is 13.1. The summed E-state index contributed by atoms with van der Waals surface area (Å²) in [4.78, 5) is 30.2.